The molecule has 9 nitrogen and oxygen atoms in total. The number of tetrazole rings is 1. The first kappa shape index (κ1) is 25.2. The molecule has 36 heavy (non-hydrogen) atoms. The molecule has 1 atom stereocenters. The monoisotopic (exact) mass is 486 g/mol. The van der Waals surface area contributed by atoms with Gasteiger partial charge in [-0.25, -0.2) is 9.67 Å². The molecule has 0 saturated heterocycles. The summed E-state index contributed by atoms with van der Waals surface area (Å²) in [7, 11) is 0. The fourth-order valence-corrected chi connectivity index (χ4v) is 4.44. The molecule has 188 valence electrons. The Balaban J connectivity index is 1.81. The Bertz CT molecular complexity index is 1230. The Morgan fingerprint density at radius 1 is 1.06 bits per heavy atom. The highest BCUT2D eigenvalue weighted by Gasteiger charge is 2.38. The van der Waals surface area contributed by atoms with E-state index in [0.29, 0.717) is 26.1 Å². The van der Waals surface area contributed by atoms with E-state index in [0.717, 1.165) is 22.6 Å². The second-order valence-electron chi connectivity index (χ2n) is 9.97. The Labute approximate surface area is 212 Å². The molecule has 0 aliphatic heterocycles. The zero-order valence-electron chi connectivity index (χ0n) is 21.2. The molecule has 2 aromatic heterocycles. The fraction of sp³-hybridized carbons (Fsp3) is 0.370. The number of carbonyl (C=O) groups excluding carboxylic acids is 1. The number of imidazole rings is 1. The number of hydrogen-bond acceptors (Lipinski definition) is 6. The number of aromatic nitrogens is 6. The largest absolute Gasteiger partial charge is 0.330 e. The van der Waals surface area contributed by atoms with Gasteiger partial charge >= 0.3 is 0 Å². The van der Waals surface area contributed by atoms with E-state index in [1.54, 1.807) is 0 Å². The summed E-state index contributed by atoms with van der Waals surface area (Å²) in [5.41, 5.74) is 8.64. The second kappa shape index (κ2) is 11.3. The predicted molar refractivity (Wildman–Crippen MR) is 139 cm³/mol. The van der Waals surface area contributed by atoms with E-state index < -0.39 is 0 Å². The lowest BCUT2D eigenvalue weighted by Crippen LogP contribution is -2.45. The van der Waals surface area contributed by atoms with Gasteiger partial charge in [-0.1, -0.05) is 81.4 Å². The second-order valence-corrected chi connectivity index (χ2v) is 9.97. The molecule has 0 saturated carbocycles. The maximum absolute atomic E-state index is 13.7. The van der Waals surface area contributed by atoms with Crippen LogP contribution in [0.2, 0.25) is 0 Å². The van der Waals surface area contributed by atoms with Crippen LogP contribution in [0.3, 0.4) is 0 Å². The molecule has 0 bridgehead atoms. The predicted octanol–water partition coefficient (Wildman–Crippen LogP) is 3.55. The van der Waals surface area contributed by atoms with Crippen molar-refractivity contribution in [3.63, 3.8) is 0 Å². The molecule has 1 amide bonds. The quantitative estimate of drug-likeness (QED) is 0.367. The van der Waals surface area contributed by atoms with Crippen LogP contribution in [0, 0.1) is 5.41 Å². The van der Waals surface area contributed by atoms with Crippen LogP contribution in [0.15, 0.2) is 73.2 Å². The lowest BCUT2D eigenvalue weighted by molar-refractivity contribution is -0.137. The summed E-state index contributed by atoms with van der Waals surface area (Å²) >= 11 is 0. The van der Waals surface area contributed by atoms with Crippen LogP contribution in [0.1, 0.15) is 44.6 Å². The molecule has 4 rings (SSSR count). The van der Waals surface area contributed by atoms with Crippen molar-refractivity contribution >= 4 is 5.91 Å². The molecule has 9 heteroatoms. The molecular formula is C27H34N8O. The van der Waals surface area contributed by atoms with Crippen LogP contribution in [0.5, 0.6) is 0 Å². The Kier molecular flexibility index (Phi) is 7.90. The number of nitrogens with two attached hydrogens (primary N) is 1. The molecule has 2 aromatic carbocycles. The van der Waals surface area contributed by atoms with Crippen molar-refractivity contribution in [2.45, 2.75) is 46.3 Å². The van der Waals surface area contributed by atoms with Crippen molar-refractivity contribution in [3.05, 3.63) is 84.6 Å². The van der Waals surface area contributed by atoms with Crippen molar-refractivity contribution in [3.8, 4) is 11.3 Å². The third kappa shape index (κ3) is 6.04. The third-order valence-corrected chi connectivity index (χ3v) is 6.06. The van der Waals surface area contributed by atoms with Gasteiger partial charge in [0.1, 0.15) is 18.7 Å². The first-order valence-corrected chi connectivity index (χ1v) is 12.2. The summed E-state index contributed by atoms with van der Waals surface area (Å²) < 4.78 is 3.62. The van der Waals surface area contributed by atoms with Crippen molar-refractivity contribution < 1.29 is 4.79 Å². The highest BCUT2D eigenvalue weighted by molar-refractivity contribution is 5.76. The van der Waals surface area contributed by atoms with E-state index in [9.17, 15) is 4.79 Å². The van der Waals surface area contributed by atoms with Crippen LogP contribution in [-0.4, -0.2) is 53.7 Å². The van der Waals surface area contributed by atoms with E-state index in [2.05, 4.69) is 71.3 Å². The lowest BCUT2D eigenvalue weighted by atomic mass is 9.84. The third-order valence-electron chi connectivity index (χ3n) is 6.06. The highest BCUT2D eigenvalue weighted by atomic mass is 16.2. The number of benzene rings is 2. The minimum Gasteiger partial charge on any atom is -0.330 e. The normalized spacial score (nSPS) is 12.4. The Hall–Kier alpha value is -3.85. The van der Waals surface area contributed by atoms with E-state index in [1.165, 1.54) is 11.0 Å². The number of rotatable bonds is 10. The SMILES string of the molecule is CC(C)(C)C(c1nc(-c2ccccc2)cn1Cc1ccccc1)N(CCCN)C(=O)Cn1cnnn1. The average molecular weight is 487 g/mol. The molecule has 2 heterocycles. The van der Waals surface area contributed by atoms with Gasteiger partial charge in [0.25, 0.3) is 0 Å². The van der Waals surface area contributed by atoms with Gasteiger partial charge in [0.05, 0.1) is 11.7 Å². The van der Waals surface area contributed by atoms with E-state index in [1.807, 2.05) is 41.3 Å². The zero-order chi connectivity index (χ0) is 25.5. The maximum atomic E-state index is 13.7. The number of hydrogen-bond donors (Lipinski definition) is 1. The first-order chi connectivity index (χ1) is 17.4. The molecule has 4 aromatic rings. The van der Waals surface area contributed by atoms with Gasteiger partial charge in [-0.3, -0.25) is 4.79 Å². The summed E-state index contributed by atoms with van der Waals surface area (Å²) in [5.74, 6) is 0.762. The van der Waals surface area contributed by atoms with Crippen molar-refractivity contribution in [2.75, 3.05) is 13.1 Å². The minimum atomic E-state index is -0.307. The van der Waals surface area contributed by atoms with Crippen molar-refractivity contribution in [1.29, 1.82) is 0 Å². The smallest absolute Gasteiger partial charge is 0.245 e. The number of nitrogens with zero attached hydrogens (tertiary/aromatic N) is 7. The summed E-state index contributed by atoms with van der Waals surface area (Å²) in [4.78, 5) is 20.7. The molecule has 0 fully saturated rings. The number of carbonyl (C=O) groups is 1. The van der Waals surface area contributed by atoms with Gasteiger partial charge in [-0.15, -0.1) is 5.10 Å². The van der Waals surface area contributed by atoms with Gasteiger partial charge < -0.3 is 15.2 Å². The number of amides is 1. The molecule has 0 aliphatic rings. The van der Waals surface area contributed by atoms with Gasteiger partial charge in [0, 0.05) is 24.8 Å². The summed E-state index contributed by atoms with van der Waals surface area (Å²) in [5, 5.41) is 11.2. The van der Waals surface area contributed by atoms with Crippen LogP contribution < -0.4 is 5.73 Å². The summed E-state index contributed by atoms with van der Waals surface area (Å²) in [6, 6.07) is 20.1. The topological polar surface area (TPSA) is 108 Å². The fourth-order valence-electron chi connectivity index (χ4n) is 4.44. The maximum Gasteiger partial charge on any atom is 0.245 e. The molecule has 2 N–H and O–H groups in total. The van der Waals surface area contributed by atoms with Gasteiger partial charge in [-0.05, 0) is 34.4 Å². The van der Waals surface area contributed by atoms with Gasteiger partial charge in [0.2, 0.25) is 5.91 Å². The first-order valence-electron chi connectivity index (χ1n) is 12.2. The van der Waals surface area contributed by atoms with Crippen LogP contribution in [0.4, 0.5) is 0 Å². The molecule has 1 unspecified atom stereocenters. The van der Waals surface area contributed by atoms with Crippen LogP contribution >= 0.6 is 0 Å². The molecule has 0 spiro atoms. The van der Waals surface area contributed by atoms with E-state index in [-0.39, 0.29) is 23.9 Å². The average Bonchev–Trinajstić information content (AvgIpc) is 3.52. The molecule has 0 aliphatic carbocycles. The molecule has 0 radical (unpaired) electrons. The molecular weight excluding hydrogens is 452 g/mol. The highest BCUT2D eigenvalue weighted by Crippen LogP contribution is 2.39. The van der Waals surface area contributed by atoms with Crippen molar-refractivity contribution in [2.24, 2.45) is 11.1 Å². The Morgan fingerprint density at radius 2 is 1.75 bits per heavy atom. The summed E-state index contributed by atoms with van der Waals surface area (Å²) in [6.45, 7) is 8.12. The zero-order valence-corrected chi connectivity index (χ0v) is 21.2. The van der Waals surface area contributed by atoms with Crippen LogP contribution in [-0.2, 0) is 17.9 Å². The van der Waals surface area contributed by atoms with Crippen molar-refractivity contribution in [1.82, 2.24) is 34.7 Å². The van der Waals surface area contributed by atoms with E-state index in [4.69, 9.17) is 10.7 Å². The van der Waals surface area contributed by atoms with Crippen LogP contribution in [0.25, 0.3) is 11.3 Å². The van der Waals surface area contributed by atoms with E-state index >= 15 is 0 Å². The summed E-state index contributed by atoms with van der Waals surface area (Å²) in [6.07, 6.45) is 4.22. The lowest BCUT2D eigenvalue weighted by Gasteiger charge is -2.40. The standard InChI is InChI=1S/C27H34N8O/c1-27(2,3)25(35(16-10-15-28)24(36)19-34-20-29-31-32-34)26-30-23(22-13-8-5-9-14-22)18-33(26)17-21-11-6-4-7-12-21/h4-9,11-14,18,20,25H,10,15-17,19,28H2,1-3H3. The van der Waals surface area contributed by atoms with Gasteiger partial charge in [0.15, 0.2) is 0 Å². The Morgan fingerprint density at radius 3 is 2.36 bits per heavy atom. The van der Waals surface area contributed by atoms with Gasteiger partial charge in [-0.2, -0.15) is 0 Å². The minimum absolute atomic E-state index is 0.0507.